The first-order valence-corrected chi connectivity index (χ1v) is 16.9. The van der Waals surface area contributed by atoms with Gasteiger partial charge in [-0.2, -0.15) is 0 Å². The summed E-state index contributed by atoms with van der Waals surface area (Å²) < 4.78 is 34.3. The van der Waals surface area contributed by atoms with E-state index in [2.05, 4.69) is 24.4 Å². The van der Waals surface area contributed by atoms with E-state index in [0.717, 1.165) is 11.1 Å². The van der Waals surface area contributed by atoms with Crippen molar-refractivity contribution in [2.75, 3.05) is 5.75 Å². The summed E-state index contributed by atoms with van der Waals surface area (Å²) in [5.41, 5.74) is 2.14. The van der Waals surface area contributed by atoms with E-state index in [0.29, 0.717) is 17.5 Å². The summed E-state index contributed by atoms with van der Waals surface area (Å²) in [5, 5.41) is 9.60. The third kappa shape index (κ3) is 7.51. The Morgan fingerprint density at radius 3 is 2.14 bits per heavy atom. The third-order valence-corrected chi connectivity index (χ3v) is 9.09. The quantitative estimate of drug-likeness (QED) is 0.347. The Hall–Kier alpha value is -2.95. The molecule has 2 N–H and O–H groups in total. The second-order valence-electron chi connectivity index (χ2n) is 9.71. The predicted octanol–water partition coefficient (Wildman–Crippen LogP) is 4.27. The largest absolute Gasteiger partial charge is 0.480 e. The molecule has 35 heavy (non-hydrogen) atoms. The van der Waals surface area contributed by atoms with Crippen LogP contribution in [0.4, 0.5) is 0 Å². The maximum absolute atomic E-state index is 12.8. The van der Waals surface area contributed by atoms with Gasteiger partial charge in [0.25, 0.3) is 0 Å². The number of carbonyl (C=O) groups is 1. The van der Waals surface area contributed by atoms with Crippen LogP contribution in [-0.2, 0) is 21.4 Å². The summed E-state index contributed by atoms with van der Waals surface area (Å²) in [5.74, 6) is -1.45. The number of benzene rings is 2. The summed E-state index contributed by atoms with van der Waals surface area (Å²) in [6.07, 6.45) is 0.301. The van der Waals surface area contributed by atoms with Gasteiger partial charge in [-0.25, -0.2) is 17.9 Å². The van der Waals surface area contributed by atoms with Crippen molar-refractivity contribution in [3.05, 3.63) is 71.2 Å². The van der Waals surface area contributed by atoms with Crippen molar-refractivity contribution in [3.63, 3.8) is 0 Å². The molecule has 3 aromatic rings. The highest BCUT2D eigenvalue weighted by Crippen LogP contribution is 2.31. The number of carboxylic acids is 1. The highest BCUT2D eigenvalue weighted by atomic mass is 32.2. The molecule has 1 aromatic heterocycles. The molecule has 0 aliphatic heterocycles. The maximum Gasteiger partial charge on any atom is 0.419 e. The Labute approximate surface area is 206 Å². The smallest absolute Gasteiger partial charge is 0.419 e. The standard InChI is InChI=1S/C25H32N2O6SSi/c1-35(2,3)18-17-34(31,32)26-21(24(28)29)15-10-16-27-22(19-11-6-4-7-12-19)23(33-25(27)30)20-13-8-5-9-14-20/h4-9,11-14,21,26H,10,15-18H2,1-3H3,(H,28,29)/t21-/m0/s1. The van der Waals surface area contributed by atoms with Gasteiger partial charge >= 0.3 is 11.7 Å². The van der Waals surface area contributed by atoms with E-state index in [1.54, 1.807) is 0 Å². The minimum absolute atomic E-state index is 0.0357. The Kier molecular flexibility index (Phi) is 8.52. The van der Waals surface area contributed by atoms with Crippen molar-refractivity contribution in [2.45, 2.75) is 51.1 Å². The molecule has 1 atom stereocenters. The number of sulfonamides is 1. The zero-order valence-electron chi connectivity index (χ0n) is 20.2. The third-order valence-electron chi connectivity index (χ3n) is 5.59. The van der Waals surface area contributed by atoms with Crippen LogP contribution in [0.15, 0.2) is 69.9 Å². The van der Waals surface area contributed by atoms with Crippen LogP contribution in [0.25, 0.3) is 22.6 Å². The zero-order chi connectivity index (χ0) is 25.6. The number of rotatable bonds is 12. The molecular weight excluding hydrogens is 484 g/mol. The first-order valence-electron chi connectivity index (χ1n) is 11.5. The van der Waals surface area contributed by atoms with Crippen LogP contribution in [0, 0.1) is 0 Å². The summed E-state index contributed by atoms with van der Waals surface area (Å²) >= 11 is 0. The van der Waals surface area contributed by atoms with Gasteiger partial charge in [-0.1, -0.05) is 80.3 Å². The van der Waals surface area contributed by atoms with Crippen LogP contribution in [0.5, 0.6) is 0 Å². The first kappa shape index (κ1) is 26.6. The number of aromatic nitrogens is 1. The van der Waals surface area contributed by atoms with E-state index in [9.17, 15) is 23.1 Å². The predicted molar refractivity (Wildman–Crippen MR) is 140 cm³/mol. The van der Waals surface area contributed by atoms with Gasteiger partial charge in [0.1, 0.15) is 6.04 Å². The topological polar surface area (TPSA) is 119 Å². The average Bonchev–Trinajstić information content (AvgIpc) is 3.14. The van der Waals surface area contributed by atoms with Crippen molar-refractivity contribution >= 4 is 24.1 Å². The Morgan fingerprint density at radius 2 is 1.60 bits per heavy atom. The van der Waals surface area contributed by atoms with Crippen molar-refractivity contribution in [1.29, 1.82) is 0 Å². The second-order valence-corrected chi connectivity index (χ2v) is 17.2. The minimum atomic E-state index is -3.73. The summed E-state index contributed by atoms with van der Waals surface area (Å²) in [6.45, 7) is 6.37. The van der Waals surface area contributed by atoms with E-state index in [1.807, 2.05) is 60.7 Å². The van der Waals surface area contributed by atoms with Gasteiger partial charge in [0, 0.05) is 25.7 Å². The lowest BCUT2D eigenvalue weighted by Crippen LogP contribution is -2.42. The van der Waals surface area contributed by atoms with Gasteiger partial charge in [-0.3, -0.25) is 9.36 Å². The molecule has 0 aliphatic carbocycles. The van der Waals surface area contributed by atoms with E-state index in [1.165, 1.54) is 4.57 Å². The fourth-order valence-corrected chi connectivity index (χ4v) is 7.97. The lowest BCUT2D eigenvalue weighted by Gasteiger charge is -2.18. The van der Waals surface area contributed by atoms with Gasteiger partial charge < -0.3 is 9.52 Å². The lowest BCUT2D eigenvalue weighted by molar-refractivity contribution is -0.139. The number of nitrogens with zero attached hydrogens (tertiary/aromatic N) is 1. The fourth-order valence-electron chi connectivity index (χ4n) is 3.68. The molecule has 0 fully saturated rings. The highest BCUT2D eigenvalue weighted by molar-refractivity contribution is 7.89. The molecule has 0 saturated carbocycles. The van der Waals surface area contributed by atoms with Crippen LogP contribution in [0.1, 0.15) is 12.8 Å². The molecule has 0 saturated heterocycles. The molecule has 0 unspecified atom stereocenters. The lowest BCUT2D eigenvalue weighted by atomic mass is 10.1. The number of oxazole rings is 1. The van der Waals surface area contributed by atoms with E-state index >= 15 is 0 Å². The number of hydrogen-bond donors (Lipinski definition) is 2. The van der Waals surface area contributed by atoms with Crippen molar-refractivity contribution < 1.29 is 22.7 Å². The maximum atomic E-state index is 12.8. The molecule has 0 aliphatic rings. The molecular formula is C25H32N2O6SSi. The molecule has 188 valence electrons. The van der Waals surface area contributed by atoms with Crippen LogP contribution in [0.2, 0.25) is 25.7 Å². The van der Waals surface area contributed by atoms with E-state index < -0.39 is 35.9 Å². The van der Waals surface area contributed by atoms with Crippen LogP contribution in [-0.4, -0.2) is 43.9 Å². The second kappa shape index (κ2) is 11.2. The van der Waals surface area contributed by atoms with Crippen LogP contribution < -0.4 is 10.5 Å². The van der Waals surface area contributed by atoms with Gasteiger partial charge in [-0.15, -0.1) is 0 Å². The van der Waals surface area contributed by atoms with Crippen molar-refractivity contribution in [1.82, 2.24) is 9.29 Å². The molecule has 8 nitrogen and oxygen atoms in total. The van der Waals surface area contributed by atoms with E-state index in [4.69, 9.17) is 4.42 Å². The zero-order valence-corrected chi connectivity index (χ0v) is 22.0. The Morgan fingerprint density at radius 1 is 1.03 bits per heavy atom. The Bertz CT molecular complexity index is 1300. The highest BCUT2D eigenvalue weighted by Gasteiger charge is 2.26. The molecule has 2 aromatic carbocycles. The van der Waals surface area contributed by atoms with Crippen molar-refractivity contribution in [2.24, 2.45) is 0 Å². The average molecular weight is 517 g/mol. The number of carboxylic acid groups (broad SMARTS) is 1. The normalized spacial score (nSPS) is 13.0. The molecule has 1 heterocycles. The summed E-state index contributed by atoms with van der Waals surface area (Å²) in [7, 11) is -5.33. The van der Waals surface area contributed by atoms with E-state index in [-0.39, 0.29) is 25.1 Å². The monoisotopic (exact) mass is 516 g/mol. The van der Waals surface area contributed by atoms with Gasteiger partial charge in [0.15, 0.2) is 5.76 Å². The first-order chi connectivity index (χ1) is 16.5. The molecule has 0 spiro atoms. The number of hydrogen-bond acceptors (Lipinski definition) is 5. The number of nitrogens with one attached hydrogen (secondary N) is 1. The SMILES string of the molecule is C[Si](C)(C)CCS(=O)(=O)N[C@@H](CCCn1c(-c2ccccc2)c(-c2ccccc2)oc1=O)C(=O)O. The Balaban J connectivity index is 1.81. The van der Waals surface area contributed by atoms with Gasteiger partial charge in [0.05, 0.1) is 11.4 Å². The summed E-state index contributed by atoms with van der Waals surface area (Å²) in [4.78, 5) is 24.6. The number of aliphatic carboxylic acids is 1. The fraction of sp³-hybridized carbons (Fsp3) is 0.360. The van der Waals surface area contributed by atoms with Crippen LogP contribution in [0.3, 0.4) is 0 Å². The van der Waals surface area contributed by atoms with Crippen LogP contribution >= 0.6 is 0 Å². The minimum Gasteiger partial charge on any atom is -0.480 e. The molecule has 0 radical (unpaired) electrons. The molecule has 10 heteroatoms. The van der Waals surface area contributed by atoms with Gasteiger partial charge in [0.2, 0.25) is 10.0 Å². The molecule has 0 bridgehead atoms. The van der Waals surface area contributed by atoms with Crippen molar-refractivity contribution in [3.8, 4) is 22.6 Å². The molecule has 3 rings (SSSR count). The molecule has 0 amide bonds. The van der Waals surface area contributed by atoms with Gasteiger partial charge in [-0.05, 0) is 18.9 Å². The summed E-state index contributed by atoms with van der Waals surface area (Å²) in [6, 6.07) is 17.9.